The maximum absolute atomic E-state index is 12.1. The van der Waals surface area contributed by atoms with Crippen LogP contribution in [-0.2, 0) is 0 Å². The summed E-state index contributed by atoms with van der Waals surface area (Å²) in [7, 11) is 0. The Bertz CT molecular complexity index is 164. The van der Waals surface area contributed by atoms with Gasteiger partial charge in [-0.2, -0.15) is 0 Å². The number of nitrogens with zero attached hydrogens (tertiary/aromatic N) is 1. The smallest absolute Gasteiger partial charge is 0.448 e. The summed E-state index contributed by atoms with van der Waals surface area (Å²) >= 11 is 0. The largest absolute Gasteiger partial charge is 0.492 e. The van der Waals surface area contributed by atoms with Gasteiger partial charge >= 0.3 is 6.98 Å². The van der Waals surface area contributed by atoms with Crippen molar-refractivity contribution in [3.8, 4) is 0 Å². The zero-order chi connectivity index (χ0) is 9.90. The topological polar surface area (TPSA) is 23.5 Å². The van der Waals surface area contributed by atoms with E-state index in [1.54, 1.807) is 0 Å². The first-order chi connectivity index (χ1) is 6.03. The van der Waals surface area contributed by atoms with E-state index in [1.807, 2.05) is 0 Å². The van der Waals surface area contributed by atoms with Gasteiger partial charge in [0.15, 0.2) is 0 Å². The third-order valence-electron chi connectivity index (χ3n) is 2.40. The van der Waals surface area contributed by atoms with Gasteiger partial charge in [-0.25, -0.2) is 0 Å². The first-order valence-electron chi connectivity index (χ1n) is 4.59. The van der Waals surface area contributed by atoms with Crippen LogP contribution in [0.5, 0.6) is 0 Å². The van der Waals surface area contributed by atoms with E-state index < -0.39 is 13.4 Å². The van der Waals surface area contributed by atoms with Crippen molar-refractivity contribution in [3.05, 3.63) is 0 Å². The van der Waals surface area contributed by atoms with Gasteiger partial charge in [-0.05, 0) is 25.8 Å². The van der Waals surface area contributed by atoms with Crippen molar-refractivity contribution >= 4 is 6.98 Å². The summed E-state index contributed by atoms with van der Waals surface area (Å²) in [4.78, 5) is 1.35. The molecule has 1 rings (SSSR count). The average Bonchev–Trinajstić information content (AvgIpc) is 2.02. The van der Waals surface area contributed by atoms with Crippen LogP contribution in [0.3, 0.4) is 0 Å². The van der Waals surface area contributed by atoms with Gasteiger partial charge in [-0.3, -0.25) is 0 Å². The van der Waals surface area contributed by atoms with Crippen LogP contribution in [-0.4, -0.2) is 42.6 Å². The fraction of sp³-hybridized carbons (Fsp3) is 1.00. The first-order valence-corrected chi connectivity index (χ1v) is 4.59. The minimum atomic E-state index is -4.75. The van der Waals surface area contributed by atoms with Gasteiger partial charge in [0.05, 0.1) is 6.61 Å². The number of piperidine rings is 1. The normalized spacial score (nSPS) is 26.3. The Hall–Kier alpha value is -0.225. The molecule has 1 aliphatic rings. The van der Waals surface area contributed by atoms with Gasteiger partial charge in [0.1, 0.15) is 0 Å². The quantitative estimate of drug-likeness (QED) is 0.686. The molecule has 1 N–H and O–H groups in total. The van der Waals surface area contributed by atoms with E-state index in [-0.39, 0.29) is 12.6 Å². The van der Waals surface area contributed by atoms with Crippen LogP contribution < -0.4 is 0 Å². The lowest BCUT2D eigenvalue weighted by atomic mass is 9.88. The zero-order valence-corrected chi connectivity index (χ0v) is 7.43. The Kier molecular flexibility index (Phi) is 3.61. The van der Waals surface area contributed by atoms with Crippen LogP contribution in [0.15, 0.2) is 0 Å². The molecule has 1 unspecified atom stereocenters. The molecule has 0 bridgehead atoms. The molecule has 1 heterocycles. The number of aliphatic hydroxyl groups excluding tert-OH is 1. The summed E-state index contributed by atoms with van der Waals surface area (Å²) in [5.74, 6) is 0. The van der Waals surface area contributed by atoms with E-state index in [1.165, 1.54) is 4.90 Å². The highest BCUT2D eigenvalue weighted by atomic mass is 19.4. The Balaban J connectivity index is 2.45. The highest BCUT2D eigenvalue weighted by molar-refractivity contribution is 6.58. The lowest BCUT2D eigenvalue weighted by molar-refractivity contribution is 0.0978. The molecule has 6 heteroatoms. The summed E-state index contributed by atoms with van der Waals surface area (Å²) in [5.41, 5.74) is 0. The summed E-state index contributed by atoms with van der Waals surface area (Å²) in [6.45, 7) is -4.45. The van der Waals surface area contributed by atoms with E-state index in [0.29, 0.717) is 13.0 Å². The molecule has 2 nitrogen and oxygen atoms in total. The van der Waals surface area contributed by atoms with Crippen LogP contribution >= 0.6 is 0 Å². The standard InChI is InChI=1S/C7H14BF3NO/c9-8(10,11)6-12-4-2-1-3-7(12)5-13/h7,13H,1-6H2/q-1. The average molecular weight is 196 g/mol. The number of aliphatic hydroxyl groups is 1. The summed E-state index contributed by atoms with van der Waals surface area (Å²) in [6.07, 6.45) is 1.59. The van der Waals surface area contributed by atoms with Gasteiger partial charge < -0.3 is 23.0 Å². The molecule has 0 aromatic rings. The fourth-order valence-corrected chi connectivity index (χ4v) is 1.77. The van der Waals surface area contributed by atoms with Crippen molar-refractivity contribution in [1.82, 2.24) is 4.90 Å². The van der Waals surface area contributed by atoms with Crippen molar-refractivity contribution in [2.75, 3.05) is 19.6 Å². The predicted molar refractivity (Wildman–Crippen MR) is 45.4 cm³/mol. The van der Waals surface area contributed by atoms with Crippen LogP contribution in [0.4, 0.5) is 12.9 Å². The number of likely N-dealkylation sites (tertiary alicyclic amines) is 1. The summed E-state index contributed by atoms with van der Waals surface area (Å²) in [5, 5.41) is 8.86. The summed E-state index contributed by atoms with van der Waals surface area (Å²) < 4.78 is 36.3. The molecule has 1 aliphatic heterocycles. The molecule has 13 heavy (non-hydrogen) atoms. The zero-order valence-electron chi connectivity index (χ0n) is 7.43. The van der Waals surface area contributed by atoms with E-state index >= 15 is 0 Å². The van der Waals surface area contributed by atoms with Crippen molar-refractivity contribution in [2.45, 2.75) is 25.3 Å². The molecule has 0 saturated carbocycles. The SMILES string of the molecule is OCC1CCCCN1C[B-](F)(F)F. The molecule has 0 aromatic carbocycles. The summed E-state index contributed by atoms with van der Waals surface area (Å²) in [6, 6.07) is -0.280. The molecular formula is C7H14BF3NO-. The maximum Gasteiger partial charge on any atom is 0.492 e. The lowest BCUT2D eigenvalue weighted by Gasteiger charge is -2.37. The Morgan fingerprint density at radius 1 is 1.31 bits per heavy atom. The maximum atomic E-state index is 12.1. The Morgan fingerprint density at radius 3 is 2.54 bits per heavy atom. The van der Waals surface area contributed by atoms with Crippen LogP contribution in [0.2, 0.25) is 0 Å². The number of hydrogen-bond donors (Lipinski definition) is 1. The molecule has 0 spiro atoms. The molecule has 1 fully saturated rings. The second-order valence-electron chi connectivity index (χ2n) is 3.54. The van der Waals surface area contributed by atoms with Gasteiger partial charge in [-0.15, -0.1) is 0 Å². The third-order valence-corrected chi connectivity index (χ3v) is 2.40. The van der Waals surface area contributed by atoms with Gasteiger partial charge in [-0.1, -0.05) is 6.42 Å². The number of rotatable bonds is 3. The molecule has 1 saturated heterocycles. The molecule has 0 aromatic heterocycles. The van der Waals surface area contributed by atoms with Crippen molar-refractivity contribution < 1.29 is 18.1 Å². The molecule has 0 amide bonds. The molecule has 1 atom stereocenters. The van der Waals surface area contributed by atoms with E-state index in [9.17, 15) is 12.9 Å². The minimum absolute atomic E-state index is 0.161. The molecular weight excluding hydrogens is 182 g/mol. The molecule has 0 aliphatic carbocycles. The van der Waals surface area contributed by atoms with Gasteiger partial charge in [0.25, 0.3) is 0 Å². The van der Waals surface area contributed by atoms with Gasteiger partial charge in [0, 0.05) is 6.04 Å². The van der Waals surface area contributed by atoms with Gasteiger partial charge in [0.2, 0.25) is 0 Å². The Labute approximate surface area is 75.8 Å². The fourth-order valence-electron chi connectivity index (χ4n) is 1.77. The monoisotopic (exact) mass is 196 g/mol. The molecule has 78 valence electrons. The Morgan fingerprint density at radius 2 is 2.00 bits per heavy atom. The van der Waals surface area contributed by atoms with E-state index in [0.717, 1.165) is 12.8 Å². The second kappa shape index (κ2) is 4.33. The van der Waals surface area contributed by atoms with Crippen LogP contribution in [0.1, 0.15) is 19.3 Å². The third kappa shape index (κ3) is 3.56. The van der Waals surface area contributed by atoms with E-state index in [4.69, 9.17) is 5.11 Å². The highest BCUT2D eigenvalue weighted by Gasteiger charge is 2.31. The minimum Gasteiger partial charge on any atom is -0.448 e. The number of hydrogen-bond acceptors (Lipinski definition) is 2. The molecule has 0 radical (unpaired) electrons. The van der Waals surface area contributed by atoms with E-state index in [2.05, 4.69) is 0 Å². The van der Waals surface area contributed by atoms with Crippen molar-refractivity contribution in [3.63, 3.8) is 0 Å². The number of halogens is 3. The predicted octanol–water partition coefficient (Wildman–Crippen LogP) is 1.22. The van der Waals surface area contributed by atoms with Crippen LogP contribution in [0, 0.1) is 0 Å². The van der Waals surface area contributed by atoms with Crippen molar-refractivity contribution in [2.24, 2.45) is 0 Å². The van der Waals surface area contributed by atoms with Crippen molar-refractivity contribution in [1.29, 1.82) is 0 Å². The second-order valence-corrected chi connectivity index (χ2v) is 3.54. The first kappa shape index (κ1) is 10.9. The lowest BCUT2D eigenvalue weighted by Crippen LogP contribution is -2.48. The van der Waals surface area contributed by atoms with Crippen LogP contribution in [0.25, 0.3) is 0 Å². The highest BCUT2D eigenvalue weighted by Crippen LogP contribution is 2.20.